The predicted octanol–water partition coefficient (Wildman–Crippen LogP) is 1.39. The minimum atomic E-state index is 0.0640. The summed E-state index contributed by atoms with van der Waals surface area (Å²) in [5, 5.41) is 9.33. The third-order valence-corrected chi connectivity index (χ3v) is 6.95. The topological polar surface area (TPSA) is 56.0 Å². The summed E-state index contributed by atoms with van der Waals surface area (Å²) < 4.78 is 3.78. The zero-order valence-electron chi connectivity index (χ0n) is 15.3. The van der Waals surface area contributed by atoms with Crippen LogP contribution in [0.5, 0.6) is 0 Å². The Balaban J connectivity index is 1.22. The second-order valence-corrected chi connectivity index (χ2v) is 8.95. The highest BCUT2D eigenvalue weighted by atomic mass is 32.2. The molecule has 138 valence electrons. The summed E-state index contributed by atoms with van der Waals surface area (Å²) in [5.41, 5.74) is 6.52. The summed E-state index contributed by atoms with van der Waals surface area (Å²) in [7, 11) is 2.07. The smallest absolute Gasteiger partial charge is 0.267 e. The van der Waals surface area contributed by atoms with Crippen LogP contribution in [0.2, 0.25) is 0 Å². The lowest BCUT2D eigenvalue weighted by molar-refractivity contribution is 0.0738. The second kappa shape index (κ2) is 6.53. The fourth-order valence-corrected chi connectivity index (χ4v) is 5.50. The molecule has 2 aromatic heterocycles. The number of aryl methyl sites for hydroxylation is 3. The molecule has 0 aromatic carbocycles. The molecule has 2 aliphatic heterocycles. The minimum absolute atomic E-state index is 0.0640. The highest BCUT2D eigenvalue weighted by Gasteiger charge is 2.30. The van der Waals surface area contributed by atoms with E-state index in [9.17, 15) is 4.79 Å². The molecule has 7 heteroatoms. The van der Waals surface area contributed by atoms with Crippen LogP contribution >= 0.6 is 11.8 Å². The Morgan fingerprint density at radius 3 is 2.96 bits per heavy atom. The van der Waals surface area contributed by atoms with Crippen LogP contribution < -0.4 is 5.56 Å². The van der Waals surface area contributed by atoms with Crippen molar-refractivity contribution >= 4 is 11.8 Å². The zero-order chi connectivity index (χ0) is 17.7. The first kappa shape index (κ1) is 16.6. The Bertz CT molecular complexity index is 896. The first-order valence-corrected chi connectivity index (χ1v) is 10.8. The molecule has 1 aliphatic carbocycles. The van der Waals surface area contributed by atoms with Crippen LogP contribution in [0.25, 0.3) is 0 Å². The summed E-state index contributed by atoms with van der Waals surface area (Å²) in [6.07, 6.45) is 4.56. The largest absolute Gasteiger partial charge is 0.297 e. The molecule has 2 aromatic rings. The summed E-state index contributed by atoms with van der Waals surface area (Å²) in [6, 6.07) is 1.81. The lowest BCUT2D eigenvalue weighted by Crippen LogP contribution is -2.49. The molecule has 0 amide bonds. The average Bonchev–Trinajstić information content (AvgIpc) is 3.15. The Hall–Kier alpha value is -1.60. The van der Waals surface area contributed by atoms with Crippen LogP contribution in [-0.4, -0.2) is 43.3 Å². The highest BCUT2D eigenvalue weighted by Crippen LogP contribution is 2.28. The maximum Gasteiger partial charge on any atom is 0.267 e. The maximum absolute atomic E-state index is 12.3. The minimum Gasteiger partial charge on any atom is -0.297 e. The van der Waals surface area contributed by atoms with E-state index in [-0.39, 0.29) is 5.56 Å². The van der Waals surface area contributed by atoms with Crippen LogP contribution in [0.4, 0.5) is 0 Å². The third-order valence-electron chi connectivity index (χ3n) is 5.94. The van der Waals surface area contributed by atoms with Crippen molar-refractivity contribution in [1.82, 2.24) is 24.5 Å². The highest BCUT2D eigenvalue weighted by molar-refractivity contribution is 7.98. The molecule has 0 saturated carbocycles. The summed E-state index contributed by atoms with van der Waals surface area (Å²) in [6.45, 7) is 3.82. The van der Waals surface area contributed by atoms with Gasteiger partial charge >= 0.3 is 0 Å². The zero-order valence-corrected chi connectivity index (χ0v) is 16.1. The molecule has 1 fully saturated rings. The number of fused-ring (bicyclic) bond motifs is 2. The van der Waals surface area contributed by atoms with Crippen LogP contribution in [-0.2, 0) is 45.2 Å². The van der Waals surface area contributed by atoms with Gasteiger partial charge in [0.1, 0.15) is 0 Å². The van der Waals surface area contributed by atoms with Crippen molar-refractivity contribution in [3.05, 3.63) is 44.6 Å². The molecule has 1 saturated heterocycles. The van der Waals surface area contributed by atoms with Crippen molar-refractivity contribution in [2.45, 2.75) is 44.5 Å². The van der Waals surface area contributed by atoms with Crippen LogP contribution in [0.3, 0.4) is 0 Å². The number of thioether (sulfide) groups is 1. The van der Waals surface area contributed by atoms with Crippen molar-refractivity contribution in [2.24, 2.45) is 13.0 Å². The van der Waals surface area contributed by atoms with Gasteiger partial charge in [-0.15, -0.1) is 0 Å². The Morgan fingerprint density at radius 1 is 1.19 bits per heavy atom. The standard InChI is InChI=1S/C19H25N5OS/c1-22-18(15-3-2-4-17(15)20-22)11-23-8-13(9-23)10-24-19(25)7-14-12-26-6-5-16(14)21-24/h7,13H,2-6,8-12H2,1H3. The lowest BCUT2D eigenvalue weighted by atomic mass is 9.99. The number of aromatic nitrogens is 4. The first-order chi connectivity index (χ1) is 12.7. The number of rotatable bonds is 4. The van der Waals surface area contributed by atoms with E-state index in [0.717, 1.165) is 61.8 Å². The van der Waals surface area contributed by atoms with E-state index >= 15 is 0 Å². The van der Waals surface area contributed by atoms with Crippen molar-refractivity contribution in [3.8, 4) is 0 Å². The number of likely N-dealkylation sites (tertiary alicyclic amines) is 1. The Kier molecular flexibility index (Phi) is 4.16. The maximum atomic E-state index is 12.3. The molecule has 0 N–H and O–H groups in total. The molecule has 6 nitrogen and oxygen atoms in total. The summed E-state index contributed by atoms with van der Waals surface area (Å²) >= 11 is 1.89. The number of hydrogen-bond acceptors (Lipinski definition) is 5. The normalized spacial score (nSPS) is 20.0. The van der Waals surface area contributed by atoms with Gasteiger partial charge in [0.05, 0.1) is 23.6 Å². The lowest BCUT2D eigenvalue weighted by Gasteiger charge is -2.39. The third kappa shape index (κ3) is 2.91. The SMILES string of the molecule is Cn1nc2c(c1CN1CC(Cn3nc4c(cc3=O)CSCC4)C1)CCC2. The van der Waals surface area contributed by atoms with E-state index in [1.165, 1.54) is 29.8 Å². The van der Waals surface area contributed by atoms with Crippen LogP contribution in [0.15, 0.2) is 10.9 Å². The summed E-state index contributed by atoms with van der Waals surface area (Å²) in [4.78, 5) is 14.8. The van der Waals surface area contributed by atoms with Crippen LogP contribution in [0.1, 0.15) is 34.6 Å². The number of hydrogen-bond donors (Lipinski definition) is 0. The molecular weight excluding hydrogens is 346 g/mol. The molecule has 0 unspecified atom stereocenters. The van der Waals surface area contributed by atoms with Crippen molar-refractivity contribution in [1.29, 1.82) is 0 Å². The Morgan fingerprint density at radius 2 is 2.08 bits per heavy atom. The monoisotopic (exact) mass is 371 g/mol. The van der Waals surface area contributed by atoms with Gasteiger partial charge in [0.15, 0.2) is 0 Å². The molecule has 3 aliphatic rings. The van der Waals surface area contributed by atoms with Gasteiger partial charge in [-0.05, 0) is 36.1 Å². The summed E-state index contributed by atoms with van der Waals surface area (Å²) in [5.74, 6) is 2.58. The quantitative estimate of drug-likeness (QED) is 0.813. The molecule has 0 bridgehead atoms. The van der Waals surface area contributed by atoms with E-state index < -0.39 is 0 Å². The molecular formula is C19H25N5OS. The van der Waals surface area contributed by atoms with E-state index in [1.807, 2.05) is 17.8 Å². The number of nitrogens with zero attached hydrogens (tertiary/aromatic N) is 5. The van der Waals surface area contributed by atoms with Gasteiger partial charge in [0, 0.05) is 50.8 Å². The molecule has 4 heterocycles. The molecule has 0 spiro atoms. The van der Waals surface area contributed by atoms with Gasteiger partial charge in [-0.2, -0.15) is 22.0 Å². The fraction of sp³-hybridized carbons (Fsp3) is 0.632. The first-order valence-electron chi connectivity index (χ1n) is 9.61. The molecule has 0 atom stereocenters. The average molecular weight is 372 g/mol. The van der Waals surface area contributed by atoms with Crippen molar-refractivity contribution < 1.29 is 0 Å². The van der Waals surface area contributed by atoms with E-state index in [4.69, 9.17) is 0 Å². The van der Waals surface area contributed by atoms with E-state index in [2.05, 4.69) is 26.8 Å². The molecule has 5 rings (SSSR count). The van der Waals surface area contributed by atoms with E-state index in [0.29, 0.717) is 5.92 Å². The molecule has 26 heavy (non-hydrogen) atoms. The molecule has 0 radical (unpaired) electrons. The Labute approximate surface area is 157 Å². The van der Waals surface area contributed by atoms with Crippen molar-refractivity contribution in [3.63, 3.8) is 0 Å². The van der Waals surface area contributed by atoms with Gasteiger partial charge in [0.2, 0.25) is 0 Å². The predicted molar refractivity (Wildman–Crippen MR) is 102 cm³/mol. The second-order valence-electron chi connectivity index (χ2n) is 7.85. The van der Waals surface area contributed by atoms with Gasteiger partial charge in [-0.1, -0.05) is 0 Å². The van der Waals surface area contributed by atoms with E-state index in [1.54, 1.807) is 4.68 Å². The van der Waals surface area contributed by atoms with Gasteiger partial charge < -0.3 is 0 Å². The van der Waals surface area contributed by atoms with Gasteiger partial charge in [-0.3, -0.25) is 14.4 Å². The van der Waals surface area contributed by atoms with Crippen molar-refractivity contribution in [2.75, 3.05) is 18.8 Å². The van der Waals surface area contributed by atoms with Gasteiger partial charge in [-0.25, -0.2) is 4.68 Å². The van der Waals surface area contributed by atoms with Gasteiger partial charge in [0.25, 0.3) is 5.56 Å². The van der Waals surface area contributed by atoms with Crippen LogP contribution in [0, 0.1) is 5.92 Å². The fourth-order valence-electron chi connectivity index (χ4n) is 4.54.